The number of rotatable bonds is 2. The molecule has 1 aliphatic heterocycles. The molecule has 2 N–H and O–H groups in total. The van der Waals surface area contributed by atoms with E-state index in [0.29, 0.717) is 0 Å². The molecule has 0 spiro atoms. The van der Waals surface area contributed by atoms with Gasteiger partial charge in [0.2, 0.25) is 0 Å². The van der Waals surface area contributed by atoms with Gasteiger partial charge in [0.1, 0.15) is 6.67 Å². The van der Waals surface area contributed by atoms with Gasteiger partial charge in [0.15, 0.2) is 5.84 Å². The van der Waals surface area contributed by atoms with E-state index in [1.165, 1.54) is 5.01 Å². The van der Waals surface area contributed by atoms with E-state index in [-0.39, 0.29) is 6.67 Å². The molecule has 106 valence electrons. The first-order valence-electron chi connectivity index (χ1n) is 6.70. The molecule has 0 bridgehead atoms. The number of hydrogen-bond donors (Lipinski definition) is 1. The molecule has 2 aromatic carbocycles. The molecule has 3 rings (SSSR count). The maximum absolute atomic E-state index is 11.7. The number of hydrogen-bond acceptors (Lipinski definition) is 3. The van der Waals surface area contributed by atoms with Gasteiger partial charge in [0.05, 0.1) is 5.69 Å². The maximum Gasteiger partial charge on any atom is 0.335 e. The van der Waals surface area contributed by atoms with Gasteiger partial charge < -0.3 is 5.73 Å². The van der Waals surface area contributed by atoms with Crippen molar-refractivity contribution >= 4 is 17.6 Å². The number of primary amides is 1. The highest BCUT2D eigenvalue weighted by molar-refractivity contribution is 6.12. The summed E-state index contributed by atoms with van der Waals surface area (Å²) in [6.07, 6.45) is 0. The topological polar surface area (TPSA) is 61.9 Å². The highest BCUT2D eigenvalue weighted by Crippen LogP contribution is 2.25. The fourth-order valence-electron chi connectivity index (χ4n) is 2.37. The number of carbonyl (C=O) groups excluding carboxylic acids is 1. The summed E-state index contributed by atoms with van der Waals surface area (Å²) in [5.74, 6) is 0.722. The van der Waals surface area contributed by atoms with E-state index in [9.17, 15) is 4.79 Å². The molecule has 0 radical (unpaired) electrons. The van der Waals surface area contributed by atoms with Crippen molar-refractivity contribution in [3.05, 3.63) is 65.7 Å². The Hall–Kier alpha value is -2.82. The molecule has 2 aromatic rings. The molecule has 21 heavy (non-hydrogen) atoms. The Bertz CT molecular complexity index is 696. The number of hydrazine groups is 1. The van der Waals surface area contributed by atoms with Crippen molar-refractivity contribution in [3.8, 4) is 0 Å². The van der Waals surface area contributed by atoms with E-state index in [1.54, 1.807) is 5.01 Å². The van der Waals surface area contributed by atoms with Crippen LogP contribution in [0.4, 0.5) is 10.5 Å². The van der Waals surface area contributed by atoms with Crippen molar-refractivity contribution in [1.29, 1.82) is 0 Å². The molecular formula is C16H16N4O. The Morgan fingerprint density at radius 3 is 2.57 bits per heavy atom. The molecule has 0 aliphatic carbocycles. The zero-order valence-corrected chi connectivity index (χ0v) is 11.7. The molecule has 1 heterocycles. The van der Waals surface area contributed by atoms with Crippen LogP contribution in [0, 0.1) is 6.92 Å². The minimum atomic E-state index is -0.522. The Morgan fingerprint density at radius 2 is 1.90 bits per heavy atom. The number of nitrogens with two attached hydrogens (primary N) is 1. The smallest absolute Gasteiger partial charge is 0.335 e. The standard InChI is InChI=1S/C16H16N4O/c1-12-6-5-9-14(10-12)20-15(13-7-3-2-4-8-13)18-11-19(20)16(17)21/h2-10H,11H2,1H3,(H2,17,21). The molecule has 2 amide bonds. The number of aliphatic imine (C=N–C) groups is 1. The third kappa shape index (κ3) is 2.45. The van der Waals surface area contributed by atoms with Crippen molar-refractivity contribution < 1.29 is 4.79 Å². The normalized spacial score (nSPS) is 14.2. The molecule has 5 nitrogen and oxygen atoms in total. The lowest BCUT2D eigenvalue weighted by molar-refractivity contribution is 0.215. The summed E-state index contributed by atoms with van der Waals surface area (Å²) in [6, 6.07) is 17.1. The van der Waals surface area contributed by atoms with Crippen LogP contribution in [0.3, 0.4) is 0 Å². The Morgan fingerprint density at radius 1 is 1.14 bits per heavy atom. The van der Waals surface area contributed by atoms with Crippen molar-refractivity contribution in [2.45, 2.75) is 6.92 Å². The van der Waals surface area contributed by atoms with Gasteiger partial charge >= 0.3 is 6.03 Å². The predicted octanol–water partition coefficient (Wildman–Crippen LogP) is 2.52. The van der Waals surface area contributed by atoms with Crippen LogP contribution >= 0.6 is 0 Å². The number of carbonyl (C=O) groups is 1. The molecule has 0 saturated heterocycles. The quantitative estimate of drug-likeness (QED) is 0.918. The Kier molecular flexibility index (Phi) is 3.31. The first-order valence-corrected chi connectivity index (χ1v) is 6.70. The van der Waals surface area contributed by atoms with Gasteiger partial charge in [-0.3, -0.25) is 0 Å². The Labute approximate surface area is 123 Å². The number of urea groups is 1. The first-order chi connectivity index (χ1) is 10.2. The van der Waals surface area contributed by atoms with Gasteiger partial charge in [0.25, 0.3) is 0 Å². The monoisotopic (exact) mass is 280 g/mol. The number of benzene rings is 2. The van der Waals surface area contributed by atoms with E-state index in [4.69, 9.17) is 5.73 Å². The molecule has 5 heteroatoms. The summed E-state index contributed by atoms with van der Waals surface area (Å²) in [4.78, 5) is 16.1. The van der Waals surface area contributed by atoms with Gasteiger partial charge in [-0.15, -0.1) is 0 Å². The van der Waals surface area contributed by atoms with Gasteiger partial charge in [-0.1, -0.05) is 42.5 Å². The summed E-state index contributed by atoms with van der Waals surface area (Å²) in [7, 11) is 0. The summed E-state index contributed by atoms with van der Waals surface area (Å²) < 4.78 is 0. The van der Waals surface area contributed by atoms with E-state index >= 15 is 0 Å². The molecule has 0 atom stereocenters. The number of amides is 2. The zero-order chi connectivity index (χ0) is 14.8. The van der Waals surface area contributed by atoms with Gasteiger partial charge in [-0.2, -0.15) is 0 Å². The highest BCUT2D eigenvalue weighted by Gasteiger charge is 2.30. The molecule has 0 saturated carbocycles. The van der Waals surface area contributed by atoms with Crippen LogP contribution in [0.1, 0.15) is 11.1 Å². The van der Waals surface area contributed by atoms with E-state index in [2.05, 4.69) is 4.99 Å². The average molecular weight is 280 g/mol. The van der Waals surface area contributed by atoms with Crippen LogP contribution < -0.4 is 10.7 Å². The lowest BCUT2D eigenvalue weighted by Gasteiger charge is -2.29. The van der Waals surface area contributed by atoms with Crippen molar-refractivity contribution in [1.82, 2.24) is 5.01 Å². The van der Waals surface area contributed by atoms with Crippen molar-refractivity contribution in [3.63, 3.8) is 0 Å². The highest BCUT2D eigenvalue weighted by atomic mass is 16.2. The average Bonchev–Trinajstić information content (AvgIpc) is 2.93. The minimum absolute atomic E-state index is 0.230. The van der Waals surface area contributed by atoms with E-state index in [0.717, 1.165) is 22.6 Å². The minimum Gasteiger partial charge on any atom is -0.350 e. The first kappa shape index (κ1) is 13.2. The van der Waals surface area contributed by atoms with Gasteiger partial charge in [-0.05, 0) is 24.6 Å². The summed E-state index contributed by atoms with van der Waals surface area (Å²) in [5, 5.41) is 3.20. The lowest BCUT2D eigenvalue weighted by Crippen LogP contribution is -2.48. The number of nitrogens with zero attached hydrogens (tertiary/aromatic N) is 3. The van der Waals surface area contributed by atoms with Crippen LogP contribution in [-0.2, 0) is 0 Å². The van der Waals surface area contributed by atoms with E-state index in [1.807, 2.05) is 61.5 Å². The van der Waals surface area contributed by atoms with Crippen LogP contribution in [0.5, 0.6) is 0 Å². The van der Waals surface area contributed by atoms with Gasteiger partial charge in [-0.25, -0.2) is 19.8 Å². The third-order valence-electron chi connectivity index (χ3n) is 3.33. The Balaban J connectivity index is 2.06. The molecular weight excluding hydrogens is 264 g/mol. The predicted molar refractivity (Wildman–Crippen MR) is 82.9 cm³/mol. The number of amidine groups is 1. The second kappa shape index (κ2) is 5.28. The summed E-state index contributed by atoms with van der Waals surface area (Å²) in [5.41, 5.74) is 8.40. The fourth-order valence-corrected chi connectivity index (χ4v) is 2.37. The largest absolute Gasteiger partial charge is 0.350 e. The maximum atomic E-state index is 11.7. The van der Waals surface area contributed by atoms with Gasteiger partial charge in [0, 0.05) is 5.56 Å². The van der Waals surface area contributed by atoms with Crippen LogP contribution in [-0.4, -0.2) is 23.5 Å². The zero-order valence-electron chi connectivity index (χ0n) is 11.7. The van der Waals surface area contributed by atoms with Crippen molar-refractivity contribution in [2.75, 3.05) is 11.7 Å². The summed E-state index contributed by atoms with van der Waals surface area (Å²) in [6.45, 7) is 2.24. The van der Waals surface area contributed by atoms with E-state index < -0.39 is 6.03 Å². The molecule has 0 unspecified atom stereocenters. The molecule has 0 aromatic heterocycles. The SMILES string of the molecule is Cc1cccc(N2C(c3ccccc3)=NCN2C(N)=O)c1. The van der Waals surface area contributed by atoms with Crippen LogP contribution in [0.2, 0.25) is 0 Å². The number of anilines is 1. The summed E-state index contributed by atoms with van der Waals surface area (Å²) >= 11 is 0. The fraction of sp³-hybridized carbons (Fsp3) is 0.125. The number of aryl methyl sites for hydroxylation is 1. The van der Waals surface area contributed by atoms with Crippen LogP contribution in [0.25, 0.3) is 0 Å². The second-order valence-electron chi connectivity index (χ2n) is 4.88. The third-order valence-corrected chi connectivity index (χ3v) is 3.33. The van der Waals surface area contributed by atoms with Crippen LogP contribution in [0.15, 0.2) is 59.6 Å². The van der Waals surface area contributed by atoms with Crippen molar-refractivity contribution in [2.24, 2.45) is 10.7 Å². The molecule has 0 fully saturated rings. The lowest BCUT2D eigenvalue weighted by atomic mass is 10.1. The second-order valence-corrected chi connectivity index (χ2v) is 4.88. The molecule has 1 aliphatic rings.